The molecule has 0 unspecified atom stereocenters. The molecule has 0 radical (unpaired) electrons. The first-order chi connectivity index (χ1) is 13.0. The van der Waals surface area contributed by atoms with Crippen LogP contribution in [0.5, 0.6) is 0 Å². The van der Waals surface area contributed by atoms with Gasteiger partial charge in [0.25, 0.3) is 5.56 Å². The van der Waals surface area contributed by atoms with E-state index in [1.165, 1.54) is 11.3 Å². The van der Waals surface area contributed by atoms with E-state index in [4.69, 9.17) is 5.73 Å². The zero-order valence-corrected chi connectivity index (χ0v) is 15.8. The molecule has 7 heteroatoms. The Morgan fingerprint density at radius 3 is 2.70 bits per heavy atom. The molecular weight excluding hydrogens is 360 g/mol. The number of thiophene rings is 1. The minimum Gasteiger partial charge on any atom is -0.330 e. The lowest BCUT2D eigenvalue weighted by molar-refractivity contribution is 0.522. The maximum Gasteiger partial charge on any atom is 0.266 e. The summed E-state index contributed by atoms with van der Waals surface area (Å²) in [5, 5.41) is 6.69. The number of hydrogen-bond donors (Lipinski definition) is 2. The summed E-state index contributed by atoms with van der Waals surface area (Å²) >= 11 is 1.37. The van der Waals surface area contributed by atoms with E-state index < -0.39 is 0 Å². The molecule has 4 rings (SSSR count). The smallest absolute Gasteiger partial charge is 0.266 e. The van der Waals surface area contributed by atoms with Crippen LogP contribution in [-0.4, -0.2) is 16.5 Å². The van der Waals surface area contributed by atoms with Gasteiger partial charge in [-0.3, -0.25) is 9.78 Å². The molecular formula is C20H18N4O2S. The lowest BCUT2D eigenvalue weighted by Gasteiger charge is -2.22. The van der Waals surface area contributed by atoms with Crippen LogP contribution in [0.15, 0.2) is 51.9 Å². The van der Waals surface area contributed by atoms with Gasteiger partial charge in [0.2, 0.25) is 0 Å². The second-order valence-corrected chi connectivity index (χ2v) is 8.03. The third-order valence-corrected chi connectivity index (χ3v) is 5.84. The van der Waals surface area contributed by atoms with Crippen LogP contribution in [0, 0.1) is 4.91 Å². The summed E-state index contributed by atoms with van der Waals surface area (Å²) in [7, 11) is 0. The fraction of sp³-hybridized carbons (Fsp3) is 0.200. The minimum atomic E-state index is -0.241. The van der Waals surface area contributed by atoms with Crippen molar-refractivity contribution in [3.05, 3.63) is 62.9 Å². The van der Waals surface area contributed by atoms with E-state index in [0.717, 1.165) is 22.0 Å². The molecule has 0 spiro atoms. The van der Waals surface area contributed by atoms with Gasteiger partial charge in [-0.25, -0.2) is 0 Å². The number of nitroso groups, excluding NO2 is 1. The van der Waals surface area contributed by atoms with Crippen LogP contribution in [0.2, 0.25) is 0 Å². The predicted molar refractivity (Wildman–Crippen MR) is 111 cm³/mol. The van der Waals surface area contributed by atoms with E-state index in [1.807, 2.05) is 37.4 Å². The number of nitrogens with two attached hydrogens (primary N) is 1. The molecule has 0 saturated heterocycles. The van der Waals surface area contributed by atoms with Gasteiger partial charge in [-0.1, -0.05) is 19.9 Å². The highest BCUT2D eigenvalue weighted by atomic mass is 32.1. The Labute approximate surface area is 159 Å². The predicted octanol–water partition coefficient (Wildman–Crippen LogP) is 4.44. The van der Waals surface area contributed by atoms with Gasteiger partial charge in [0.1, 0.15) is 10.4 Å². The van der Waals surface area contributed by atoms with Crippen LogP contribution in [0.4, 0.5) is 5.69 Å². The van der Waals surface area contributed by atoms with E-state index >= 15 is 0 Å². The molecule has 0 aliphatic carbocycles. The average molecular weight is 378 g/mol. The first-order valence-electron chi connectivity index (χ1n) is 8.53. The average Bonchev–Trinajstić information content (AvgIpc) is 3.18. The van der Waals surface area contributed by atoms with Crippen molar-refractivity contribution in [1.29, 1.82) is 0 Å². The van der Waals surface area contributed by atoms with Crippen LogP contribution < -0.4 is 11.3 Å². The van der Waals surface area contributed by atoms with Crippen LogP contribution in [0.1, 0.15) is 19.5 Å². The number of aromatic amines is 1. The van der Waals surface area contributed by atoms with Gasteiger partial charge in [-0.15, -0.1) is 16.2 Å². The van der Waals surface area contributed by atoms with Gasteiger partial charge in [0.05, 0.1) is 0 Å². The largest absolute Gasteiger partial charge is 0.330 e. The number of pyridine rings is 2. The Balaban J connectivity index is 2.04. The summed E-state index contributed by atoms with van der Waals surface area (Å²) in [6, 6.07) is 9.08. The summed E-state index contributed by atoms with van der Waals surface area (Å²) in [5.41, 5.74) is 8.77. The van der Waals surface area contributed by atoms with Crippen molar-refractivity contribution < 1.29 is 0 Å². The van der Waals surface area contributed by atoms with Gasteiger partial charge in [0, 0.05) is 51.3 Å². The molecule has 6 nitrogen and oxygen atoms in total. The van der Waals surface area contributed by atoms with Crippen LogP contribution in [-0.2, 0) is 5.41 Å². The number of nitrogens with zero attached hydrogens (tertiary/aromatic N) is 2. The van der Waals surface area contributed by atoms with Crippen molar-refractivity contribution in [3.8, 4) is 11.1 Å². The fourth-order valence-electron chi connectivity index (χ4n) is 3.25. The Morgan fingerprint density at radius 1 is 1.22 bits per heavy atom. The monoisotopic (exact) mass is 378 g/mol. The first-order valence-corrected chi connectivity index (χ1v) is 9.41. The second kappa shape index (κ2) is 6.37. The third-order valence-electron chi connectivity index (χ3n) is 4.93. The molecule has 3 heterocycles. The molecule has 3 aromatic heterocycles. The lowest BCUT2D eigenvalue weighted by Crippen LogP contribution is -2.29. The molecule has 0 bridgehead atoms. The van der Waals surface area contributed by atoms with E-state index in [2.05, 4.69) is 15.1 Å². The highest BCUT2D eigenvalue weighted by molar-refractivity contribution is 7.17. The van der Waals surface area contributed by atoms with Crippen molar-refractivity contribution in [2.75, 3.05) is 6.54 Å². The second-order valence-electron chi connectivity index (χ2n) is 7.11. The molecule has 136 valence electrons. The molecule has 0 atom stereocenters. The zero-order chi connectivity index (χ0) is 19.2. The number of hydrogen-bond acceptors (Lipinski definition) is 6. The first kappa shape index (κ1) is 17.5. The summed E-state index contributed by atoms with van der Waals surface area (Å²) in [6.45, 7) is 4.54. The molecule has 0 fully saturated rings. The van der Waals surface area contributed by atoms with Crippen LogP contribution in [0.25, 0.3) is 32.1 Å². The third kappa shape index (κ3) is 2.75. The summed E-state index contributed by atoms with van der Waals surface area (Å²) in [5.74, 6) is 0. The number of aromatic nitrogens is 2. The molecule has 0 saturated carbocycles. The molecule has 0 aliphatic heterocycles. The van der Waals surface area contributed by atoms with Gasteiger partial charge in [-0.05, 0) is 34.8 Å². The van der Waals surface area contributed by atoms with Gasteiger partial charge in [0.15, 0.2) is 0 Å². The molecule has 4 aromatic rings. The highest BCUT2D eigenvalue weighted by Gasteiger charge is 2.21. The standard InChI is InChI=1S/C20H18N4O2S/c1-20(2,10-21)15-6-3-11(9-22-15)16-14(24-26)5-4-13-17(16)12-7-8-27-18(12)19(25)23-13/h3-9H,10,21H2,1-2H3,(H,23,25). The van der Waals surface area contributed by atoms with E-state index in [0.29, 0.717) is 28.0 Å². The van der Waals surface area contributed by atoms with Crippen LogP contribution >= 0.6 is 11.3 Å². The number of benzene rings is 1. The van der Waals surface area contributed by atoms with Crippen molar-refractivity contribution in [3.63, 3.8) is 0 Å². The zero-order valence-electron chi connectivity index (χ0n) is 14.9. The Kier molecular flexibility index (Phi) is 4.13. The van der Waals surface area contributed by atoms with E-state index in [1.54, 1.807) is 18.3 Å². The van der Waals surface area contributed by atoms with Gasteiger partial charge < -0.3 is 10.7 Å². The summed E-state index contributed by atoms with van der Waals surface area (Å²) in [4.78, 5) is 31.3. The maximum absolute atomic E-state index is 12.3. The maximum atomic E-state index is 12.3. The van der Waals surface area contributed by atoms with E-state index in [9.17, 15) is 9.70 Å². The normalized spacial score (nSPS) is 12.0. The van der Waals surface area contributed by atoms with Crippen LogP contribution in [0.3, 0.4) is 0 Å². The quantitative estimate of drug-likeness (QED) is 0.513. The van der Waals surface area contributed by atoms with Crippen molar-refractivity contribution in [1.82, 2.24) is 9.97 Å². The van der Waals surface area contributed by atoms with Crippen molar-refractivity contribution >= 4 is 38.0 Å². The lowest BCUT2D eigenvalue weighted by atomic mass is 9.88. The molecule has 0 amide bonds. The molecule has 0 aliphatic rings. The molecule has 27 heavy (non-hydrogen) atoms. The summed E-state index contributed by atoms with van der Waals surface area (Å²) in [6.07, 6.45) is 1.74. The number of nitrogens with one attached hydrogen (secondary N) is 1. The molecule has 1 aromatic carbocycles. The molecule has 3 N–H and O–H groups in total. The Hall–Kier alpha value is -2.90. The SMILES string of the molecule is CC(C)(CN)c1ccc(-c2c(N=O)ccc3[nH]c(=O)c4sccc4c23)cn1. The summed E-state index contributed by atoms with van der Waals surface area (Å²) < 4.78 is 0.626. The number of H-pyrrole nitrogens is 1. The highest BCUT2D eigenvalue weighted by Crippen LogP contribution is 2.40. The number of rotatable bonds is 4. The van der Waals surface area contributed by atoms with Crippen molar-refractivity contribution in [2.45, 2.75) is 19.3 Å². The topological polar surface area (TPSA) is 101 Å². The van der Waals surface area contributed by atoms with Gasteiger partial charge in [-0.2, -0.15) is 0 Å². The Morgan fingerprint density at radius 2 is 2.04 bits per heavy atom. The number of fused-ring (bicyclic) bond motifs is 3. The fourth-order valence-corrected chi connectivity index (χ4v) is 4.05. The minimum absolute atomic E-state index is 0.136. The van der Waals surface area contributed by atoms with Gasteiger partial charge >= 0.3 is 0 Å². The van der Waals surface area contributed by atoms with E-state index in [-0.39, 0.29) is 11.0 Å². The van der Waals surface area contributed by atoms with Crippen molar-refractivity contribution in [2.24, 2.45) is 10.9 Å². The Bertz CT molecular complexity index is 1220.